The smallest absolute Gasteiger partial charge is 0.335 e. The van der Waals surface area contributed by atoms with Crippen molar-refractivity contribution in [2.45, 2.75) is 25.3 Å². The van der Waals surface area contributed by atoms with Crippen LogP contribution in [-0.4, -0.2) is 48.2 Å². The van der Waals surface area contributed by atoms with Crippen molar-refractivity contribution in [3.8, 4) is 0 Å². The highest BCUT2D eigenvalue weighted by Crippen LogP contribution is 2.25. The molecule has 0 saturated carbocycles. The third-order valence-electron chi connectivity index (χ3n) is 4.28. The molecule has 1 aromatic carbocycles. The zero-order chi connectivity index (χ0) is 13.2. The predicted octanol–water partition coefficient (Wildman–Crippen LogP) is 2.06. The Hall–Kier alpha value is -1.55. The van der Waals surface area contributed by atoms with E-state index in [1.54, 1.807) is 12.1 Å². The molecule has 2 heterocycles. The summed E-state index contributed by atoms with van der Waals surface area (Å²) in [6.45, 7) is 4.52. The second-order valence-electron chi connectivity index (χ2n) is 5.49. The van der Waals surface area contributed by atoms with Crippen LogP contribution in [0.25, 0.3) is 0 Å². The Balaban J connectivity index is 1.70. The van der Waals surface area contributed by atoms with E-state index in [0.29, 0.717) is 11.6 Å². The lowest BCUT2D eigenvalue weighted by Gasteiger charge is -2.24. The molecule has 4 heteroatoms. The topological polar surface area (TPSA) is 43.8 Å². The van der Waals surface area contributed by atoms with Gasteiger partial charge in [0.1, 0.15) is 0 Å². The molecule has 0 aromatic heterocycles. The van der Waals surface area contributed by atoms with Crippen molar-refractivity contribution in [3.05, 3.63) is 29.8 Å². The second kappa shape index (κ2) is 5.21. The minimum absolute atomic E-state index is 0.377. The van der Waals surface area contributed by atoms with Gasteiger partial charge < -0.3 is 10.0 Å². The molecule has 1 atom stereocenters. The van der Waals surface area contributed by atoms with E-state index in [1.807, 2.05) is 12.1 Å². The molecule has 1 N–H and O–H groups in total. The lowest BCUT2D eigenvalue weighted by atomic mass is 10.2. The van der Waals surface area contributed by atoms with Gasteiger partial charge in [0, 0.05) is 24.8 Å². The Morgan fingerprint density at radius 2 is 2.00 bits per heavy atom. The van der Waals surface area contributed by atoms with Crippen LogP contribution < -0.4 is 4.90 Å². The minimum atomic E-state index is -0.850. The van der Waals surface area contributed by atoms with Crippen LogP contribution in [0.2, 0.25) is 0 Å². The van der Waals surface area contributed by atoms with Gasteiger partial charge in [-0.15, -0.1) is 0 Å². The number of aromatic carboxylic acids is 1. The molecule has 0 aliphatic carbocycles. The van der Waals surface area contributed by atoms with E-state index in [4.69, 9.17) is 5.11 Å². The summed E-state index contributed by atoms with van der Waals surface area (Å²) in [5.74, 6) is -0.850. The Morgan fingerprint density at radius 1 is 1.21 bits per heavy atom. The zero-order valence-corrected chi connectivity index (χ0v) is 11.1. The first-order valence-corrected chi connectivity index (χ1v) is 7.06. The van der Waals surface area contributed by atoms with Crippen molar-refractivity contribution in [2.24, 2.45) is 0 Å². The van der Waals surface area contributed by atoms with Crippen LogP contribution in [0.4, 0.5) is 5.69 Å². The number of benzene rings is 1. The number of carbonyl (C=O) groups is 1. The van der Waals surface area contributed by atoms with Gasteiger partial charge >= 0.3 is 5.97 Å². The standard InChI is InChI=1S/C15H20N2O2/c18-15(19)12-4-3-5-13(10-12)17-9-6-14(11-17)16-7-1-2-8-16/h3-5,10,14H,1-2,6-9,11H2,(H,18,19). The molecule has 2 aliphatic heterocycles. The summed E-state index contributed by atoms with van der Waals surface area (Å²) in [6, 6.07) is 7.94. The van der Waals surface area contributed by atoms with Gasteiger partial charge in [-0.3, -0.25) is 4.90 Å². The molecule has 19 heavy (non-hydrogen) atoms. The first-order valence-electron chi connectivity index (χ1n) is 7.06. The molecular weight excluding hydrogens is 240 g/mol. The van der Waals surface area contributed by atoms with E-state index in [2.05, 4.69) is 9.80 Å². The molecule has 0 spiro atoms. The maximum absolute atomic E-state index is 11.0. The summed E-state index contributed by atoms with van der Waals surface area (Å²) < 4.78 is 0. The average molecular weight is 260 g/mol. The molecule has 3 rings (SSSR count). The largest absolute Gasteiger partial charge is 0.478 e. The number of rotatable bonds is 3. The lowest BCUT2D eigenvalue weighted by Crippen LogP contribution is -2.35. The summed E-state index contributed by atoms with van der Waals surface area (Å²) >= 11 is 0. The molecule has 2 aliphatic rings. The van der Waals surface area contributed by atoms with E-state index in [0.717, 1.165) is 18.8 Å². The number of anilines is 1. The van der Waals surface area contributed by atoms with Gasteiger partial charge in [-0.25, -0.2) is 4.79 Å². The molecule has 0 radical (unpaired) electrons. The Kier molecular flexibility index (Phi) is 3.42. The monoisotopic (exact) mass is 260 g/mol. The Morgan fingerprint density at radius 3 is 2.74 bits per heavy atom. The third-order valence-corrected chi connectivity index (χ3v) is 4.28. The highest BCUT2D eigenvalue weighted by atomic mass is 16.4. The predicted molar refractivity (Wildman–Crippen MR) is 74.8 cm³/mol. The van der Waals surface area contributed by atoms with E-state index in [1.165, 1.54) is 32.4 Å². The van der Waals surface area contributed by atoms with Crippen molar-refractivity contribution in [3.63, 3.8) is 0 Å². The summed E-state index contributed by atoms with van der Waals surface area (Å²) in [5, 5.41) is 9.05. The van der Waals surface area contributed by atoms with Gasteiger partial charge in [0.05, 0.1) is 5.56 Å². The Labute approximate surface area is 113 Å². The van der Waals surface area contributed by atoms with E-state index in [9.17, 15) is 4.79 Å². The molecular formula is C15H20N2O2. The fraction of sp³-hybridized carbons (Fsp3) is 0.533. The van der Waals surface area contributed by atoms with Crippen LogP contribution in [0.15, 0.2) is 24.3 Å². The lowest BCUT2D eigenvalue weighted by molar-refractivity contribution is 0.0697. The summed E-state index contributed by atoms with van der Waals surface area (Å²) in [7, 11) is 0. The molecule has 2 saturated heterocycles. The molecule has 0 bridgehead atoms. The van der Waals surface area contributed by atoms with E-state index >= 15 is 0 Å². The summed E-state index contributed by atoms with van der Waals surface area (Å²) in [4.78, 5) is 15.9. The molecule has 4 nitrogen and oxygen atoms in total. The van der Waals surface area contributed by atoms with Crippen molar-refractivity contribution < 1.29 is 9.90 Å². The SMILES string of the molecule is O=C(O)c1cccc(N2CCC(N3CCCC3)C2)c1. The maximum atomic E-state index is 11.0. The van der Waals surface area contributed by atoms with Crippen LogP contribution in [0.1, 0.15) is 29.6 Å². The zero-order valence-electron chi connectivity index (χ0n) is 11.1. The van der Waals surface area contributed by atoms with Crippen LogP contribution in [0.3, 0.4) is 0 Å². The van der Waals surface area contributed by atoms with Crippen LogP contribution >= 0.6 is 0 Å². The number of carboxylic acids is 1. The highest BCUT2D eigenvalue weighted by Gasteiger charge is 2.29. The first-order chi connectivity index (χ1) is 9.24. The molecule has 0 amide bonds. The van der Waals surface area contributed by atoms with Crippen molar-refractivity contribution in [1.29, 1.82) is 0 Å². The molecule has 1 aromatic rings. The quantitative estimate of drug-likeness (QED) is 0.903. The number of hydrogen-bond acceptors (Lipinski definition) is 3. The number of carboxylic acid groups (broad SMARTS) is 1. The van der Waals surface area contributed by atoms with Gasteiger partial charge in [0.25, 0.3) is 0 Å². The summed E-state index contributed by atoms with van der Waals surface area (Å²) in [5.41, 5.74) is 1.42. The van der Waals surface area contributed by atoms with Crippen LogP contribution in [-0.2, 0) is 0 Å². The van der Waals surface area contributed by atoms with E-state index in [-0.39, 0.29) is 0 Å². The first kappa shape index (κ1) is 12.5. The Bertz CT molecular complexity index is 469. The fourth-order valence-corrected chi connectivity index (χ4v) is 3.22. The van der Waals surface area contributed by atoms with Gasteiger partial charge in [-0.1, -0.05) is 6.07 Å². The van der Waals surface area contributed by atoms with Gasteiger partial charge in [0.2, 0.25) is 0 Å². The van der Waals surface area contributed by atoms with Crippen LogP contribution in [0.5, 0.6) is 0 Å². The number of likely N-dealkylation sites (tertiary alicyclic amines) is 1. The molecule has 102 valence electrons. The molecule has 2 fully saturated rings. The third kappa shape index (κ3) is 2.59. The van der Waals surface area contributed by atoms with Crippen LogP contribution in [0, 0.1) is 0 Å². The molecule has 1 unspecified atom stereocenters. The van der Waals surface area contributed by atoms with Gasteiger partial charge in [0.15, 0.2) is 0 Å². The van der Waals surface area contributed by atoms with Gasteiger partial charge in [-0.05, 0) is 50.6 Å². The number of nitrogens with zero attached hydrogens (tertiary/aromatic N) is 2. The highest BCUT2D eigenvalue weighted by molar-refractivity contribution is 5.88. The minimum Gasteiger partial charge on any atom is -0.478 e. The van der Waals surface area contributed by atoms with Crippen molar-refractivity contribution in [2.75, 3.05) is 31.1 Å². The van der Waals surface area contributed by atoms with E-state index < -0.39 is 5.97 Å². The number of hydrogen-bond donors (Lipinski definition) is 1. The average Bonchev–Trinajstić information content (AvgIpc) is 3.09. The second-order valence-corrected chi connectivity index (χ2v) is 5.49. The van der Waals surface area contributed by atoms with Gasteiger partial charge in [-0.2, -0.15) is 0 Å². The van der Waals surface area contributed by atoms with Crippen molar-refractivity contribution in [1.82, 2.24) is 4.90 Å². The van der Waals surface area contributed by atoms with Crippen molar-refractivity contribution >= 4 is 11.7 Å². The fourth-order valence-electron chi connectivity index (χ4n) is 3.22. The summed E-state index contributed by atoms with van der Waals surface area (Å²) in [6.07, 6.45) is 3.84. The normalized spacial score (nSPS) is 24.0. The maximum Gasteiger partial charge on any atom is 0.335 e.